The van der Waals surface area contributed by atoms with Gasteiger partial charge >= 0.3 is 0 Å². The number of pyridine rings is 1. The molecule has 0 atom stereocenters. The molecule has 0 aliphatic carbocycles. The first-order valence-electron chi connectivity index (χ1n) is 6.58. The van der Waals surface area contributed by atoms with Gasteiger partial charge in [0.25, 0.3) is 5.91 Å². The minimum atomic E-state index is -0.464. The van der Waals surface area contributed by atoms with E-state index in [0.29, 0.717) is 11.4 Å². The van der Waals surface area contributed by atoms with Crippen molar-refractivity contribution in [3.63, 3.8) is 0 Å². The summed E-state index contributed by atoms with van der Waals surface area (Å²) >= 11 is 0. The number of para-hydroxylation sites is 1. The second-order valence-corrected chi connectivity index (χ2v) is 4.86. The first kappa shape index (κ1) is 13.3. The second-order valence-electron chi connectivity index (χ2n) is 4.86. The average molecular weight is 283 g/mol. The van der Waals surface area contributed by atoms with Crippen LogP contribution < -0.4 is 5.32 Å². The molecule has 2 aromatic heterocycles. The van der Waals surface area contributed by atoms with Crippen molar-refractivity contribution < 1.29 is 9.18 Å². The molecular formula is C16H14FN3O. The van der Waals surface area contributed by atoms with E-state index in [1.807, 2.05) is 19.1 Å². The molecule has 106 valence electrons. The number of carbonyl (C=O) groups excluding carboxylic acids is 1. The molecule has 0 saturated heterocycles. The van der Waals surface area contributed by atoms with Gasteiger partial charge in [-0.05, 0) is 37.6 Å². The fraction of sp³-hybridized carbons (Fsp3) is 0.125. The maximum atomic E-state index is 13.6. The Bertz CT molecular complexity index is 839. The van der Waals surface area contributed by atoms with Gasteiger partial charge in [0.2, 0.25) is 0 Å². The SMILES string of the molecule is Cc1nc2c(C)cccn2c1C(=O)Nc1ccccc1F. The van der Waals surface area contributed by atoms with Crippen LogP contribution >= 0.6 is 0 Å². The summed E-state index contributed by atoms with van der Waals surface area (Å²) in [6, 6.07) is 9.86. The lowest BCUT2D eigenvalue weighted by molar-refractivity contribution is 0.102. The Morgan fingerprint density at radius 3 is 2.71 bits per heavy atom. The molecule has 0 spiro atoms. The van der Waals surface area contributed by atoms with E-state index in [-0.39, 0.29) is 11.6 Å². The number of benzene rings is 1. The highest BCUT2D eigenvalue weighted by Crippen LogP contribution is 2.18. The quantitative estimate of drug-likeness (QED) is 0.784. The van der Waals surface area contributed by atoms with E-state index < -0.39 is 5.82 Å². The highest BCUT2D eigenvalue weighted by atomic mass is 19.1. The molecular weight excluding hydrogens is 269 g/mol. The summed E-state index contributed by atoms with van der Waals surface area (Å²) in [5, 5.41) is 2.59. The molecule has 21 heavy (non-hydrogen) atoms. The van der Waals surface area contributed by atoms with E-state index in [1.54, 1.807) is 29.7 Å². The molecule has 0 bridgehead atoms. The molecule has 0 aliphatic heterocycles. The highest BCUT2D eigenvalue weighted by Gasteiger charge is 2.18. The summed E-state index contributed by atoms with van der Waals surface area (Å²) in [5.74, 6) is -0.843. The fourth-order valence-corrected chi connectivity index (χ4v) is 2.33. The summed E-state index contributed by atoms with van der Waals surface area (Å²) in [4.78, 5) is 16.8. The molecule has 1 aromatic carbocycles. The molecule has 1 N–H and O–H groups in total. The van der Waals surface area contributed by atoms with Gasteiger partial charge in [-0.2, -0.15) is 0 Å². The number of aryl methyl sites for hydroxylation is 2. The minimum absolute atomic E-state index is 0.157. The smallest absolute Gasteiger partial charge is 0.274 e. The van der Waals surface area contributed by atoms with Gasteiger partial charge < -0.3 is 5.32 Å². The zero-order valence-corrected chi connectivity index (χ0v) is 11.7. The van der Waals surface area contributed by atoms with Crippen LogP contribution in [-0.4, -0.2) is 15.3 Å². The van der Waals surface area contributed by atoms with Crippen LogP contribution in [0.3, 0.4) is 0 Å². The molecule has 0 unspecified atom stereocenters. The summed E-state index contributed by atoms with van der Waals surface area (Å²) in [5.41, 5.74) is 2.89. The Kier molecular flexibility index (Phi) is 3.17. The Balaban J connectivity index is 2.05. The van der Waals surface area contributed by atoms with Gasteiger partial charge in [-0.25, -0.2) is 9.37 Å². The van der Waals surface area contributed by atoms with Crippen LogP contribution in [-0.2, 0) is 0 Å². The number of hydrogen-bond donors (Lipinski definition) is 1. The number of fused-ring (bicyclic) bond motifs is 1. The van der Waals surface area contributed by atoms with Gasteiger partial charge in [-0.15, -0.1) is 0 Å². The number of rotatable bonds is 2. The highest BCUT2D eigenvalue weighted by molar-refractivity contribution is 6.04. The van der Waals surface area contributed by atoms with Gasteiger partial charge in [0.05, 0.1) is 11.4 Å². The number of halogens is 1. The van der Waals surface area contributed by atoms with Gasteiger partial charge in [0.15, 0.2) is 0 Å². The van der Waals surface area contributed by atoms with Gasteiger partial charge in [-0.3, -0.25) is 9.20 Å². The lowest BCUT2D eigenvalue weighted by Gasteiger charge is -2.07. The van der Waals surface area contributed by atoms with Crippen LogP contribution in [0.25, 0.3) is 5.65 Å². The maximum absolute atomic E-state index is 13.6. The van der Waals surface area contributed by atoms with Crippen molar-refractivity contribution in [2.75, 3.05) is 5.32 Å². The Labute approximate surface area is 121 Å². The van der Waals surface area contributed by atoms with E-state index in [9.17, 15) is 9.18 Å². The van der Waals surface area contributed by atoms with Crippen molar-refractivity contribution in [3.8, 4) is 0 Å². The van der Waals surface area contributed by atoms with Crippen LogP contribution in [0.1, 0.15) is 21.7 Å². The monoisotopic (exact) mass is 283 g/mol. The normalized spacial score (nSPS) is 10.8. The number of nitrogens with zero attached hydrogens (tertiary/aromatic N) is 2. The number of nitrogens with one attached hydrogen (secondary N) is 1. The van der Waals surface area contributed by atoms with Crippen molar-refractivity contribution in [2.24, 2.45) is 0 Å². The molecule has 3 aromatic rings. The Morgan fingerprint density at radius 2 is 1.95 bits per heavy atom. The number of aromatic nitrogens is 2. The number of anilines is 1. The number of amides is 1. The van der Waals surface area contributed by atoms with Crippen molar-refractivity contribution in [3.05, 3.63) is 65.4 Å². The molecule has 5 heteroatoms. The Hall–Kier alpha value is -2.69. The molecule has 0 aliphatic rings. The summed E-state index contributed by atoms with van der Waals surface area (Å²) in [6.07, 6.45) is 1.78. The van der Waals surface area contributed by atoms with Crippen molar-refractivity contribution in [2.45, 2.75) is 13.8 Å². The van der Waals surface area contributed by atoms with E-state index >= 15 is 0 Å². The second kappa shape index (κ2) is 5.01. The average Bonchev–Trinajstić information content (AvgIpc) is 2.79. The maximum Gasteiger partial charge on any atom is 0.274 e. The van der Waals surface area contributed by atoms with Crippen LogP contribution in [0, 0.1) is 19.7 Å². The third kappa shape index (κ3) is 2.27. The van der Waals surface area contributed by atoms with Crippen LogP contribution in [0.15, 0.2) is 42.6 Å². The van der Waals surface area contributed by atoms with E-state index in [1.165, 1.54) is 12.1 Å². The van der Waals surface area contributed by atoms with Gasteiger partial charge in [-0.1, -0.05) is 18.2 Å². The standard InChI is InChI=1S/C16H14FN3O/c1-10-6-5-9-20-14(11(2)18-15(10)20)16(21)19-13-8-4-3-7-12(13)17/h3-9H,1-2H3,(H,19,21). The minimum Gasteiger partial charge on any atom is -0.318 e. The first-order chi connectivity index (χ1) is 10.1. The summed E-state index contributed by atoms with van der Waals surface area (Å²) in [6.45, 7) is 3.70. The van der Waals surface area contributed by atoms with Crippen LogP contribution in [0.5, 0.6) is 0 Å². The number of carbonyl (C=O) groups is 1. The molecule has 0 fully saturated rings. The summed E-state index contributed by atoms with van der Waals surface area (Å²) < 4.78 is 15.4. The zero-order valence-electron chi connectivity index (χ0n) is 11.7. The third-order valence-electron chi connectivity index (χ3n) is 3.36. The summed E-state index contributed by atoms with van der Waals surface area (Å²) in [7, 11) is 0. The topological polar surface area (TPSA) is 46.4 Å². The first-order valence-corrected chi connectivity index (χ1v) is 6.58. The Morgan fingerprint density at radius 1 is 1.19 bits per heavy atom. The third-order valence-corrected chi connectivity index (χ3v) is 3.36. The van der Waals surface area contributed by atoms with Crippen molar-refractivity contribution in [1.29, 1.82) is 0 Å². The van der Waals surface area contributed by atoms with Crippen molar-refractivity contribution >= 4 is 17.2 Å². The lowest BCUT2D eigenvalue weighted by atomic mass is 10.2. The predicted molar refractivity (Wildman–Crippen MR) is 79.0 cm³/mol. The predicted octanol–water partition coefficient (Wildman–Crippen LogP) is 3.34. The van der Waals surface area contributed by atoms with E-state index in [4.69, 9.17) is 0 Å². The lowest BCUT2D eigenvalue weighted by Crippen LogP contribution is -2.16. The molecule has 3 rings (SSSR count). The van der Waals surface area contributed by atoms with Crippen LogP contribution in [0.2, 0.25) is 0 Å². The molecule has 1 amide bonds. The van der Waals surface area contributed by atoms with Gasteiger partial charge in [0, 0.05) is 6.20 Å². The van der Waals surface area contributed by atoms with Gasteiger partial charge in [0.1, 0.15) is 17.2 Å². The number of imidazole rings is 1. The largest absolute Gasteiger partial charge is 0.318 e. The van der Waals surface area contributed by atoms with Crippen LogP contribution in [0.4, 0.5) is 10.1 Å². The molecule has 0 radical (unpaired) electrons. The number of hydrogen-bond acceptors (Lipinski definition) is 2. The molecule has 2 heterocycles. The zero-order chi connectivity index (χ0) is 15.0. The van der Waals surface area contributed by atoms with E-state index in [0.717, 1.165) is 11.2 Å². The molecule has 0 saturated carbocycles. The molecule has 4 nitrogen and oxygen atoms in total. The fourth-order valence-electron chi connectivity index (χ4n) is 2.33. The van der Waals surface area contributed by atoms with Crippen molar-refractivity contribution in [1.82, 2.24) is 9.38 Å². The van der Waals surface area contributed by atoms with E-state index in [2.05, 4.69) is 10.3 Å².